The maximum atomic E-state index is 11.0. The van der Waals surface area contributed by atoms with Crippen molar-refractivity contribution in [3.8, 4) is 0 Å². The van der Waals surface area contributed by atoms with E-state index in [1.54, 1.807) is 0 Å². The Kier molecular flexibility index (Phi) is 4.03. The summed E-state index contributed by atoms with van der Waals surface area (Å²) in [6.45, 7) is 10.4. The molecular formula is C17H27NO. The molecule has 2 nitrogen and oxygen atoms in total. The number of aliphatic hydroxyl groups is 1. The molecule has 1 fully saturated rings. The summed E-state index contributed by atoms with van der Waals surface area (Å²) in [4.78, 5) is 2.45. The average Bonchev–Trinajstić information content (AvgIpc) is 2.77. The molecule has 1 N–H and O–H groups in total. The quantitative estimate of drug-likeness (QED) is 0.901. The van der Waals surface area contributed by atoms with Crippen molar-refractivity contribution in [3.63, 3.8) is 0 Å². The van der Waals surface area contributed by atoms with Crippen molar-refractivity contribution < 1.29 is 5.11 Å². The number of benzene rings is 1. The van der Waals surface area contributed by atoms with Crippen LogP contribution in [0.4, 0.5) is 0 Å². The van der Waals surface area contributed by atoms with E-state index in [1.165, 1.54) is 12.0 Å². The van der Waals surface area contributed by atoms with Crippen LogP contribution < -0.4 is 0 Å². The Labute approximate surface area is 117 Å². The second kappa shape index (κ2) is 5.26. The van der Waals surface area contributed by atoms with Crippen LogP contribution in [-0.4, -0.2) is 28.2 Å². The van der Waals surface area contributed by atoms with Gasteiger partial charge in [0.15, 0.2) is 0 Å². The van der Waals surface area contributed by atoms with Crippen molar-refractivity contribution in [2.24, 2.45) is 5.41 Å². The first kappa shape index (κ1) is 14.5. The first-order valence-electron chi connectivity index (χ1n) is 7.33. The largest absolute Gasteiger partial charge is 0.388 e. The minimum Gasteiger partial charge on any atom is -0.388 e. The molecule has 0 saturated carbocycles. The molecule has 0 unspecified atom stereocenters. The molecule has 1 saturated heterocycles. The summed E-state index contributed by atoms with van der Waals surface area (Å²) in [7, 11) is 0. The number of nitrogens with zero attached hydrogens (tertiary/aromatic N) is 1. The molecule has 0 aliphatic carbocycles. The molecule has 2 rings (SSSR count). The van der Waals surface area contributed by atoms with Crippen molar-refractivity contribution >= 4 is 0 Å². The highest BCUT2D eigenvalue weighted by molar-refractivity contribution is 5.15. The molecule has 0 bridgehead atoms. The minimum atomic E-state index is -0.654. The van der Waals surface area contributed by atoms with Gasteiger partial charge in [0.2, 0.25) is 0 Å². The third-order valence-electron chi connectivity index (χ3n) is 4.76. The van der Waals surface area contributed by atoms with Crippen molar-refractivity contribution in [2.45, 2.75) is 58.7 Å². The molecular weight excluding hydrogens is 234 g/mol. The second-order valence-electron chi connectivity index (χ2n) is 7.01. The predicted molar refractivity (Wildman–Crippen MR) is 80.0 cm³/mol. The van der Waals surface area contributed by atoms with E-state index in [1.807, 2.05) is 6.92 Å². The van der Waals surface area contributed by atoms with E-state index in [0.717, 1.165) is 19.5 Å². The van der Waals surface area contributed by atoms with Gasteiger partial charge in [0.25, 0.3) is 0 Å². The van der Waals surface area contributed by atoms with Gasteiger partial charge < -0.3 is 5.11 Å². The molecule has 1 aliphatic rings. The Morgan fingerprint density at radius 3 is 2.37 bits per heavy atom. The van der Waals surface area contributed by atoms with Crippen molar-refractivity contribution in [2.75, 3.05) is 6.54 Å². The van der Waals surface area contributed by atoms with Gasteiger partial charge in [-0.05, 0) is 37.3 Å². The van der Waals surface area contributed by atoms with E-state index in [2.05, 4.69) is 56.0 Å². The zero-order valence-corrected chi connectivity index (χ0v) is 12.7. The highest BCUT2D eigenvalue weighted by Crippen LogP contribution is 2.39. The molecule has 1 aliphatic heterocycles. The topological polar surface area (TPSA) is 23.5 Å². The lowest BCUT2D eigenvalue weighted by atomic mass is 9.72. The number of likely N-dealkylation sites (tertiary alicyclic amines) is 1. The Morgan fingerprint density at radius 2 is 1.79 bits per heavy atom. The van der Waals surface area contributed by atoms with Crippen LogP contribution >= 0.6 is 0 Å². The third-order valence-corrected chi connectivity index (χ3v) is 4.76. The Morgan fingerprint density at radius 1 is 1.16 bits per heavy atom. The Bertz CT molecular complexity index is 405. The zero-order valence-electron chi connectivity index (χ0n) is 12.7. The minimum absolute atomic E-state index is 0.100. The van der Waals surface area contributed by atoms with Crippen LogP contribution in [0.2, 0.25) is 0 Å². The maximum Gasteiger partial charge on any atom is 0.0822 e. The summed E-state index contributed by atoms with van der Waals surface area (Å²) in [5.41, 5.74) is 0.578. The predicted octanol–water partition coefficient (Wildman–Crippen LogP) is 3.45. The van der Waals surface area contributed by atoms with Gasteiger partial charge in [0, 0.05) is 12.6 Å². The van der Waals surface area contributed by atoms with Crippen molar-refractivity contribution in [1.29, 1.82) is 0 Å². The fraction of sp³-hybridized carbons (Fsp3) is 0.647. The van der Waals surface area contributed by atoms with Gasteiger partial charge in [-0.2, -0.15) is 0 Å². The number of hydrogen-bond acceptors (Lipinski definition) is 2. The highest BCUT2D eigenvalue weighted by atomic mass is 16.3. The van der Waals surface area contributed by atoms with Crippen LogP contribution in [0.25, 0.3) is 0 Å². The van der Waals surface area contributed by atoms with Crippen LogP contribution in [0, 0.1) is 5.41 Å². The number of rotatable bonds is 3. The molecule has 0 spiro atoms. The first-order valence-corrected chi connectivity index (χ1v) is 7.33. The molecule has 1 heterocycles. The lowest BCUT2D eigenvalue weighted by Gasteiger charge is -2.45. The fourth-order valence-electron chi connectivity index (χ4n) is 2.97. The summed E-state index contributed by atoms with van der Waals surface area (Å²) in [5.74, 6) is 0. The lowest BCUT2D eigenvalue weighted by Crippen LogP contribution is -2.55. The molecule has 1 aromatic rings. The van der Waals surface area contributed by atoms with Crippen molar-refractivity contribution in [1.82, 2.24) is 4.90 Å². The van der Waals surface area contributed by atoms with Gasteiger partial charge in [-0.15, -0.1) is 0 Å². The third kappa shape index (κ3) is 3.01. The van der Waals surface area contributed by atoms with E-state index in [9.17, 15) is 5.11 Å². The first-order chi connectivity index (χ1) is 8.82. The van der Waals surface area contributed by atoms with Crippen molar-refractivity contribution in [3.05, 3.63) is 35.9 Å². The van der Waals surface area contributed by atoms with Gasteiger partial charge in [-0.25, -0.2) is 0 Å². The Hall–Kier alpha value is -0.860. The van der Waals surface area contributed by atoms with E-state index < -0.39 is 5.60 Å². The molecule has 1 aromatic carbocycles. The summed E-state index contributed by atoms with van der Waals surface area (Å²) >= 11 is 0. The highest BCUT2D eigenvalue weighted by Gasteiger charge is 2.46. The molecule has 106 valence electrons. The molecule has 19 heavy (non-hydrogen) atoms. The van der Waals surface area contributed by atoms with E-state index in [0.29, 0.717) is 0 Å². The van der Waals surface area contributed by atoms with Gasteiger partial charge in [0.1, 0.15) is 0 Å². The Balaban J connectivity index is 2.14. The van der Waals surface area contributed by atoms with E-state index in [-0.39, 0.29) is 11.5 Å². The summed E-state index contributed by atoms with van der Waals surface area (Å²) in [6.07, 6.45) is 2.28. The van der Waals surface area contributed by atoms with Crippen LogP contribution in [0.5, 0.6) is 0 Å². The summed E-state index contributed by atoms with van der Waals surface area (Å²) in [6, 6.07) is 10.8. The summed E-state index contributed by atoms with van der Waals surface area (Å²) < 4.78 is 0. The molecule has 0 amide bonds. The molecule has 2 heteroatoms. The van der Waals surface area contributed by atoms with E-state index >= 15 is 0 Å². The standard InChI is InChI=1S/C17H27NO/c1-16(2,3)17(4,19)15-11-8-12-18(15)13-14-9-6-5-7-10-14/h5-7,9-10,15,19H,8,11-13H2,1-4H3/t15-,17+/m1/s1. The molecule has 0 radical (unpaired) electrons. The average molecular weight is 261 g/mol. The SMILES string of the molecule is CC(C)(C)[C@@](C)(O)[C@H]1CCCN1Cc1ccccc1. The molecule has 2 atom stereocenters. The zero-order chi connectivity index (χ0) is 14.1. The van der Waals surface area contributed by atoms with Crippen LogP contribution in [0.3, 0.4) is 0 Å². The maximum absolute atomic E-state index is 11.0. The normalized spacial score (nSPS) is 24.4. The second-order valence-corrected chi connectivity index (χ2v) is 7.01. The fourth-order valence-corrected chi connectivity index (χ4v) is 2.97. The van der Waals surface area contributed by atoms with Crippen LogP contribution in [0.15, 0.2) is 30.3 Å². The monoisotopic (exact) mass is 261 g/mol. The van der Waals surface area contributed by atoms with Crippen LogP contribution in [-0.2, 0) is 6.54 Å². The number of hydrogen-bond donors (Lipinski definition) is 1. The lowest BCUT2D eigenvalue weighted by molar-refractivity contribution is -0.0977. The van der Waals surface area contributed by atoms with Gasteiger partial charge in [0.05, 0.1) is 5.60 Å². The van der Waals surface area contributed by atoms with Gasteiger partial charge >= 0.3 is 0 Å². The smallest absolute Gasteiger partial charge is 0.0822 e. The molecule has 0 aromatic heterocycles. The summed E-state index contributed by atoms with van der Waals surface area (Å²) in [5, 5.41) is 11.0. The van der Waals surface area contributed by atoms with Gasteiger partial charge in [-0.1, -0.05) is 51.1 Å². The van der Waals surface area contributed by atoms with Crippen LogP contribution in [0.1, 0.15) is 46.1 Å². The van der Waals surface area contributed by atoms with E-state index in [4.69, 9.17) is 0 Å². The van der Waals surface area contributed by atoms with Gasteiger partial charge in [-0.3, -0.25) is 4.90 Å².